The minimum Gasteiger partial charge on any atom is -0.383 e. The van der Waals surface area contributed by atoms with Crippen LogP contribution in [-0.2, 0) is 4.79 Å². The van der Waals surface area contributed by atoms with Crippen molar-refractivity contribution >= 4 is 17.3 Å². The standard InChI is InChI=1S/C13H11NO3/c1-14(2)7-10-11(15)8-5-3-4-6-9(8)12(16)13(10)17/h3-7H,1-2H3/b10-7+. The topological polar surface area (TPSA) is 54.5 Å². The van der Waals surface area contributed by atoms with Gasteiger partial charge in [0.05, 0.1) is 5.57 Å². The van der Waals surface area contributed by atoms with E-state index < -0.39 is 11.6 Å². The zero-order valence-electron chi connectivity index (χ0n) is 9.56. The predicted molar refractivity (Wildman–Crippen MR) is 61.9 cm³/mol. The molecule has 0 heterocycles. The van der Waals surface area contributed by atoms with Gasteiger partial charge in [-0.3, -0.25) is 14.4 Å². The zero-order valence-corrected chi connectivity index (χ0v) is 9.56. The molecular formula is C13H11NO3. The van der Waals surface area contributed by atoms with E-state index in [1.54, 1.807) is 37.2 Å². The van der Waals surface area contributed by atoms with E-state index in [0.29, 0.717) is 5.56 Å². The first-order chi connectivity index (χ1) is 8.02. The van der Waals surface area contributed by atoms with Gasteiger partial charge >= 0.3 is 0 Å². The maximum atomic E-state index is 12.0. The molecular weight excluding hydrogens is 218 g/mol. The first kappa shape index (κ1) is 11.3. The van der Waals surface area contributed by atoms with Crippen LogP contribution in [0.25, 0.3) is 0 Å². The van der Waals surface area contributed by atoms with Gasteiger partial charge in [-0.2, -0.15) is 0 Å². The average Bonchev–Trinajstić information content (AvgIpc) is 2.31. The predicted octanol–water partition coefficient (Wildman–Crippen LogP) is 1.08. The van der Waals surface area contributed by atoms with Crippen molar-refractivity contribution in [3.05, 3.63) is 47.2 Å². The Morgan fingerprint density at radius 3 is 1.94 bits per heavy atom. The Kier molecular flexibility index (Phi) is 2.63. The summed E-state index contributed by atoms with van der Waals surface area (Å²) < 4.78 is 0. The lowest BCUT2D eigenvalue weighted by molar-refractivity contribution is -0.111. The Balaban J connectivity index is 2.63. The van der Waals surface area contributed by atoms with Crippen LogP contribution in [0.15, 0.2) is 36.0 Å². The molecule has 0 N–H and O–H groups in total. The van der Waals surface area contributed by atoms with Crippen LogP contribution in [0.5, 0.6) is 0 Å². The van der Waals surface area contributed by atoms with Crippen molar-refractivity contribution < 1.29 is 14.4 Å². The molecule has 0 saturated heterocycles. The van der Waals surface area contributed by atoms with E-state index in [0.717, 1.165) is 0 Å². The molecule has 17 heavy (non-hydrogen) atoms. The molecule has 2 rings (SSSR count). The molecule has 0 fully saturated rings. The highest BCUT2D eigenvalue weighted by molar-refractivity contribution is 6.59. The molecule has 1 aliphatic carbocycles. The molecule has 4 heteroatoms. The molecule has 0 bridgehead atoms. The molecule has 1 aromatic carbocycles. The highest BCUT2D eigenvalue weighted by Gasteiger charge is 2.35. The normalized spacial score (nSPS) is 17.3. The summed E-state index contributed by atoms with van der Waals surface area (Å²) in [4.78, 5) is 37.2. The second-order valence-electron chi connectivity index (χ2n) is 4.04. The van der Waals surface area contributed by atoms with Gasteiger partial charge in [0.15, 0.2) is 5.78 Å². The number of Topliss-reactive ketones (excluding diaryl/α,β-unsaturated/α-hetero) is 3. The highest BCUT2D eigenvalue weighted by Crippen LogP contribution is 2.22. The number of nitrogens with zero attached hydrogens (tertiary/aromatic N) is 1. The largest absolute Gasteiger partial charge is 0.383 e. The van der Waals surface area contributed by atoms with Crippen molar-refractivity contribution in [2.75, 3.05) is 14.1 Å². The number of carbonyl (C=O) groups excluding carboxylic acids is 3. The van der Waals surface area contributed by atoms with Gasteiger partial charge in [-0.1, -0.05) is 24.3 Å². The van der Waals surface area contributed by atoms with Crippen LogP contribution in [0.4, 0.5) is 0 Å². The van der Waals surface area contributed by atoms with Gasteiger partial charge in [0.25, 0.3) is 0 Å². The maximum Gasteiger partial charge on any atom is 0.238 e. The minimum absolute atomic E-state index is 0.0706. The summed E-state index contributed by atoms with van der Waals surface area (Å²) in [6.07, 6.45) is 1.39. The molecule has 4 nitrogen and oxygen atoms in total. The molecule has 0 saturated carbocycles. The number of hydrogen-bond acceptors (Lipinski definition) is 4. The van der Waals surface area contributed by atoms with Gasteiger partial charge in [0.1, 0.15) is 0 Å². The summed E-state index contributed by atoms with van der Waals surface area (Å²) in [5.74, 6) is -1.74. The smallest absolute Gasteiger partial charge is 0.238 e. The minimum atomic E-state index is -0.734. The van der Waals surface area contributed by atoms with Crippen LogP contribution in [0.1, 0.15) is 20.7 Å². The van der Waals surface area contributed by atoms with Crippen molar-refractivity contribution in [1.29, 1.82) is 0 Å². The van der Waals surface area contributed by atoms with Crippen LogP contribution < -0.4 is 0 Å². The Morgan fingerprint density at radius 2 is 1.41 bits per heavy atom. The third-order valence-electron chi connectivity index (χ3n) is 2.50. The van der Waals surface area contributed by atoms with Crippen LogP contribution in [0.2, 0.25) is 0 Å². The first-order valence-electron chi connectivity index (χ1n) is 5.13. The lowest BCUT2D eigenvalue weighted by atomic mass is 9.85. The Bertz CT molecular complexity index is 556. The lowest BCUT2D eigenvalue weighted by Gasteiger charge is -2.16. The van der Waals surface area contributed by atoms with E-state index in [1.165, 1.54) is 12.3 Å². The van der Waals surface area contributed by atoms with Crippen LogP contribution in [0.3, 0.4) is 0 Å². The molecule has 0 aromatic heterocycles. The zero-order chi connectivity index (χ0) is 12.6. The second-order valence-corrected chi connectivity index (χ2v) is 4.04. The fourth-order valence-electron chi connectivity index (χ4n) is 1.75. The summed E-state index contributed by atoms with van der Waals surface area (Å²) in [5, 5.41) is 0. The number of carbonyl (C=O) groups is 3. The van der Waals surface area contributed by atoms with E-state index in [-0.39, 0.29) is 16.9 Å². The maximum absolute atomic E-state index is 12.0. The van der Waals surface area contributed by atoms with Gasteiger partial charge in [-0.05, 0) is 0 Å². The Morgan fingerprint density at radius 1 is 0.882 bits per heavy atom. The van der Waals surface area contributed by atoms with Crippen LogP contribution in [0, 0.1) is 0 Å². The van der Waals surface area contributed by atoms with Crippen molar-refractivity contribution in [3.8, 4) is 0 Å². The van der Waals surface area contributed by atoms with E-state index in [4.69, 9.17) is 0 Å². The number of allylic oxidation sites excluding steroid dienone is 1. The molecule has 0 radical (unpaired) electrons. The number of ketones is 3. The van der Waals surface area contributed by atoms with Crippen LogP contribution >= 0.6 is 0 Å². The number of benzene rings is 1. The summed E-state index contributed by atoms with van der Waals surface area (Å²) >= 11 is 0. The Hall–Kier alpha value is -2.23. The highest BCUT2D eigenvalue weighted by atomic mass is 16.2. The van der Waals surface area contributed by atoms with Gasteiger partial charge in [0.2, 0.25) is 11.6 Å². The van der Waals surface area contributed by atoms with Gasteiger partial charge in [0, 0.05) is 31.4 Å². The van der Waals surface area contributed by atoms with Crippen LogP contribution in [-0.4, -0.2) is 36.3 Å². The molecule has 0 amide bonds. The Labute approximate surface area is 98.5 Å². The summed E-state index contributed by atoms with van der Waals surface area (Å²) in [7, 11) is 3.39. The molecule has 1 aliphatic rings. The molecule has 0 atom stereocenters. The van der Waals surface area contributed by atoms with E-state index in [9.17, 15) is 14.4 Å². The summed E-state index contributed by atoms with van der Waals surface area (Å²) in [6.45, 7) is 0. The molecule has 0 spiro atoms. The fourth-order valence-corrected chi connectivity index (χ4v) is 1.75. The first-order valence-corrected chi connectivity index (χ1v) is 5.13. The third-order valence-corrected chi connectivity index (χ3v) is 2.50. The van der Waals surface area contributed by atoms with Gasteiger partial charge in [-0.15, -0.1) is 0 Å². The third kappa shape index (κ3) is 1.78. The number of rotatable bonds is 1. The molecule has 0 aliphatic heterocycles. The van der Waals surface area contributed by atoms with Gasteiger partial charge in [-0.25, -0.2) is 0 Å². The summed E-state index contributed by atoms with van der Waals surface area (Å²) in [5.41, 5.74) is 0.419. The van der Waals surface area contributed by atoms with Crippen molar-refractivity contribution in [2.45, 2.75) is 0 Å². The molecule has 86 valence electrons. The van der Waals surface area contributed by atoms with E-state index >= 15 is 0 Å². The molecule has 1 aromatic rings. The molecule has 0 unspecified atom stereocenters. The SMILES string of the molecule is CN(C)/C=C1/C(=O)C(=O)c2ccccc2C1=O. The summed E-state index contributed by atoms with van der Waals surface area (Å²) in [6, 6.07) is 6.37. The number of hydrogen-bond donors (Lipinski definition) is 0. The van der Waals surface area contributed by atoms with Crippen molar-refractivity contribution in [2.24, 2.45) is 0 Å². The van der Waals surface area contributed by atoms with E-state index in [1.807, 2.05) is 0 Å². The second kappa shape index (κ2) is 3.97. The van der Waals surface area contributed by atoms with Crippen molar-refractivity contribution in [3.63, 3.8) is 0 Å². The fraction of sp³-hybridized carbons (Fsp3) is 0.154. The quantitative estimate of drug-likeness (QED) is 0.411. The monoisotopic (exact) mass is 229 g/mol. The number of fused-ring (bicyclic) bond motifs is 1. The average molecular weight is 229 g/mol. The van der Waals surface area contributed by atoms with E-state index in [2.05, 4.69) is 0 Å². The lowest BCUT2D eigenvalue weighted by Crippen LogP contribution is -2.30. The van der Waals surface area contributed by atoms with Gasteiger partial charge < -0.3 is 4.90 Å². The van der Waals surface area contributed by atoms with Crippen molar-refractivity contribution in [1.82, 2.24) is 4.90 Å².